The Labute approximate surface area is 98.8 Å². The predicted molar refractivity (Wildman–Crippen MR) is 59.2 cm³/mol. The maximum Gasteiger partial charge on any atom is 0.422 e. The van der Waals surface area contributed by atoms with Crippen molar-refractivity contribution < 1.29 is 17.9 Å². The molecule has 0 spiro atoms. The lowest BCUT2D eigenvalue weighted by Gasteiger charge is -2.19. The summed E-state index contributed by atoms with van der Waals surface area (Å²) in [5.74, 6) is 0.0206. The lowest BCUT2D eigenvalue weighted by Crippen LogP contribution is -2.21. The standard InChI is InChI=1S/C12H16F3NO/c1-8-5-9(11(2,3)4)16-10(6-8)17-7-12(13,14)15/h5-6H,7H2,1-4H3. The first kappa shape index (κ1) is 13.8. The highest BCUT2D eigenvalue weighted by molar-refractivity contribution is 5.27. The Morgan fingerprint density at radius 1 is 1.18 bits per heavy atom. The summed E-state index contributed by atoms with van der Waals surface area (Å²) in [6.07, 6.45) is -4.34. The van der Waals surface area contributed by atoms with Crippen molar-refractivity contribution in [3.05, 3.63) is 23.4 Å². The normalized spacial score (nSPS) is 12.6. The number of alkyl halides is 3. The van der Waals surface area contributed by atoms with E-state index in [4.69, 9.17) is 0 Å². The van der Waals surface area contributed by atoms with Gasteiger partial charge in [-0.25, -0.2) is 4.98 Å². The molecule has 0 aliphatic rings. The maximum atomic E-state index is 12.0. The average Bonchev–Trinajstić information content (AvgIpc) is 2.11. The molecule has 5 heteroatoms. The van der Waals surface area contributed by atoms with Crippen molar-refractivity contribution in [1.29, 1.82) is 0 Å². The quantitative estimate of drug-likeness (QED) is 0.796. The van der Waals surface area contributed by atoms with Crippen LogP contribution in [0.3, 0.4) is 0 Å². The Morgan fingerprint density at radius 2 is 1.76 bits per heavy atom. The Hall–Kier alpha value is -1.26. The molecule has 0 aromatic carbocycles. The van der Waals surface area contributed by atoms with Crippen molar-refractivity contribution in [3.8, 4) is 5.88 Å². The molecule has 0 saturated carbocycles. The third-order valence-electron chi connectivity index (χ3n) is 2.10. The summed E-state index contributed by atoms with van der Waals surface area (Å²) in [5, 5.41) is 0. The van der Waals surface area contributed by atoms with Crippen LogP contribution in [0.5, 0.6) is 5.88 Å². The molecule has 17 heavy (non-hydrogen) atoms. The monoisotopic (exact) mass is 247 g/mol. The van der Waals surface area contributed by atoms with Crippen molar-refractivity contribution in [2.45, 2.75) is 39.3 Å². The van der Waals surface area contributed by atoms with Crippen molar-refractivity contribution in [1.82, 2.24) is 4.98 Å². The first-order chi connectivity index (χ1) is 7.58. The molecule has 1 rings (SSSR count). The largest absolute Gasteiger partial charge is 0.468 e. The predicted octanol–water partition coefficient (Wildman–Crippen LogP) is 3.63. The van der Waals surface area contributed by atoms with Gasteiger partial charge in [0.2, 0.25) is 5.88 Å². The highest BCUT2D eigenvalue weighted by Gasteiger charge is 2.29. The Kier molecular flexibility index (Phi) is 3.69. The minimum absolute atomic E-state index is 0.0206. The van der Waals surface area contributed by atoms with E-state index in [1.165, 1.54) is 6.07 Å². The molecule has 0 N–H and O–H groups in total. The number of pyridine rings is 1. The number of nitrogens with zero attached hydrogens (tertiary/aromatic N) is 1. The first-order valence-electron chi connectivity index (χ1n) is 5.27. The van der Waals surface area contributed by atoms with Crippen LogP contribution in [0.1, 0.15) is 32.0 Å². The topological polar surface area (TPSA) is 22.1 Å². The van der Waals surface area contributed by atoms with E-state index in [0.29, 0.717) is 0 Å². The summed E-state index contributed by atoms with van der Waals surface area (Å²) in [6.45, 7) is 6.33. The molecular formula is C12H16F3NO. The van der Waals surface area contributed by atoms with Gasteiger partial charge in [-0.15, -0.1) is 0 Å². The number of aromatic nitrogens is 1. The summed E-state index contributed by atoms with van der Waals surface area (Å²) in [6, 6.07) is 3.35. The van der Waals surface area contributed by atoms with Gasteiger partial charge in [0.15, 0.2) is 6.61 Å². The zero-order chi connectivity index (χ0) is 13.3. The number of halogens is 3. The molecule has 0 aliphatic carbocycles. The Morgan fingerprint density at radius 3 is 2.24 bits per heavy atom. The van der Waals surface area contributed by atoms with Gasteiger partial charge >= 0.3 is 6.18 Å². The second-order valence-electron chi connectivity index (χ2n) is 5.02. The molecule has 0 atom stereocenters. The SMILES string of the molecule is Cc1cc(OCC(F)(F)F)nc(C(C)(C)C)c1. The zero-order valence-electron chi connectivity index (χ0n) is 10.4. The second kappa shape index (κ2) is 4.55. The smallest absolute Gasteiger partial charge is 0.422 e. The van der Waals surface area contributed by atoms with Gasteiger partial charge in [-0.2, -0.15) is 13.2 Å². The van der Waals surface area contributed by atoms with E-state index in [2.05, 4.69) is 9.72 Å². The average molecular weight is 247 g/mol. The summed E-state index contributed by atoms with van der Waals surface area (Å²) in [7, 11) is 0. The molecule has 1 aromatic heterocycles. The molecule has 0 bridgehead atoms. The van der Waals surface area contributed by atoms with Crippen LogP contribution in [0.25, 0.3) is 0 Å². The molecule has 0 saturated heterocycles. The maximum absolute atomic E-state index is 12.0. The van der Waals surface area contributed by atoms with Crippen LogP contribution in [0.2, 0.25) is 0 Å². The van der Waals surface area contributed by atoms with Crippen LogP contribution in [0, 0.1) is 6.92 Å². The fourth-order valence-corrected chi connectivity index (χ4v) is 1.25. The van der Waals surface area contributed by atoms with Crippen molar-refractivity contribution in [2.24, 2.45) is 0 Å². The van der Waals surface area contributed by atoms with Crippen LogP contribution < -0.4 is 4.74 Å². The van der Waals surface area contributed by atoms with Gasteiger partial charge < -0.3 is 4.74 Å². The minimum atomic E-state index is -4.34. The fraction of sp³-hybridized carbons (Fsp3) is 0.583. The summed E-state index contributed by atoms with van der Waals surface area (Å²) in [5.41, 5.74) is 1.33. The third kappa shape index (κ3) is 4.63. The highest BCUT2D eigenvalue weighted by Crippen LogP contribution is 2.25. The van der Waals surface area contributed by atoms with Gasteiger partial charge in [0.05, 0.1) is 5.69 Å². The second-order valence-corrected chi connectivity index (χ2v) is 5.02. The molecule has 0 unspecified atom stereocenters. The van der Waals surface area contributed by atoms with Crippen molar-refractivity contribution in [3.63, 3.8) is 0 Å². The van der Waals surface area contributed by atoms with E-state index in [1.807, 2.05) is 26.8 Å². The van der Waals surface area contributed by atoms with Gasteiger partial charge in [0, 0.05) is 11.5 Å². The molecule has 2 nitrogen and oxygen atoms in total. The summed E-state index contributed by atoms with van der Waals surface area (Å²) >= 11 is 0. The molecule has 0 fully saturated rings. The number of hydrogen-bond acceptors (Lipinski definition) is 2. The zero-order valence-corrected chi connectivity index (χ0v) is 10.4. The van der Waals surface area contributed by atoms with E-state index in [0.717, 1.165) is 11.3 Å². The molecular weight excluding hydrogens is 231 g/mol. The van der Waals surface area contributed by atoms with Gasteiger partial charge in [0.25, 0.3) is 0 Å². The van der Waals surface area contributed by atoms with Crippen LogP contribution in [-0.2, 0) is 5.41 Å². The number of hydrogen-bond donors (Lipinski definition) is 0. The van der Waals surface area contributed by atoms with Crippen LogP contribution >= 0.6 is 0 Å². The molecule has 96 valence electrons. The van der Waals surface area contributed by atoms with Gasteiger partial charge in [-0.3, -0.25) is 0 Å². The van der Waals surface area contributed by atoms with E-state index in [-0.39, 0.29) is 11.3 Å². The van der Waals surface area contributed by atoms with Gasteiger partial charge in [-0.1, -0.05) is 20.8 Å². The van der Waals surface area contributed by atoms with E-state index < -0.39 is 12.8 Å². The molecule has 0 aliphatic heterocycles. The van der Waals surface area contributed by atoms with Crippen molar-refractivity contribution >= 4 is 0 Å². The summed E-state index contributed by atoms with van der Waals surface area (Å²) in [4.78, 5) is 4.09. The first-order valence-corrected chi connectivity index (χ1v) is 5.27. The van der Waals surface area contributed by atoms with Crippen LogP contribution in [0.4, 0.5) is 13.2 Å². The van der Waals surface area contributed by atoms with Gasteiger partial charge in [-0.05, 0) is 18.6 Å². The molecule has 1 heterocycles. The summed E-state index contributed by atoms with van der Waals surface area (Å²) < 4.78 is 40.7. The third-order valence-corrected chi connectivity index (χ3v) is 2.10. The number of ether oxygens (including phenoxy) is 1. The minimum Gasteiger partial charge on any atom is -0.468 e. The van der Waals surface area contributed by atoms with Crippen LogP contribution in [0.15, 0.2) is 12.1 Å². The number of rotatable bonds is 2. The number of aryl methyl sites for hydroxylation is 1. The Balaban J connectivity index is 2.91. The molecule has 1 aromatic rings. The van der Waals surface area contributed by atoms with Crippen molar-refractivity contribution in [2.75, 3.05) is 6.61 Å². The lowest BCUT2D eigenvalue weighted by molar-refractivity contribution is -0.154. The van der Waals surface area contributed by atoms with E-state index >= 15 is 0 Å². The van der Waals surface area contributed by atoms with E-state index in [9.17, 15) is 13.2 Å². The molecule has 0 radical (unpaired) electrons. The lowest BCUT2D eigenvalue weighted by atomic mass is 9.91. The fourth-order valence-electron chi connectivity index (χ4n) is 1.25. The Bertz CT molecular complexity index is 394. The van der Waals surface area contributed by atoms with Gasteiger partial charge in [0.1, 0.15) is 0 Å². The van der Waals surface area contributed by atoms with Crippen LogP contribution in [-0.4, -0.2) is 17.8 Å². The van der Waals surface area contributed by atoms with E-state index in [1.54, 1.807) is 6.92 Å². The molecule has 0 amide bonds. The highest BCUT2D eigenvalue weighted by atomic mass is 19.4.